The van der Waals surface area contributed by atoms with E-state index in [1.807, 2.05) is 13.0 Å². The molecule has 2 nitrogen and oxygen atoms in total. The van der Waals surface area contributed by atoms with Crippen molar-refractivity contribution in [2.45, 2.75) is 18.8 Å². The standard InChI is InChI=1S/C12H12Cl2O2/c1-7-6-12(7,11(15)16-2)9-4-3-8(13)5-10(9)14/h3-5,7H,6H2,1-2H3. The van der Waals surface area contributed by atoms with Gasteiger partial charge < -0.3 is 4.74 Å². The van der Waals surface area contributed by atoms with Gasteiger partial charge >= 0.3 is 5.97 Å². The Morgan fingerprint density at radius 3 is 2.56 bits per heavy atom. The molecule has 1 saturated carbocycles. The normalized spacial score (nSPS) is 27.6. The highest BCUT2D eigenvalue weighted by atomic mass is 35.5. The zero-order valence-corrected chi connectivity index (χ0v) is 10.6. The number of benzene rings is 1. The van der Waals surface area contributed by atoms with E-state index in [-0.39, 0.29) is 11.9 Å². The second kappa shape index (κ2) is 3.94. The summed E-state index contributed by atoms with van der Waals surface area (Å²) in [6, 6.07) is 5.22. The Bertz CT molecular complexity index is 445. The molecule has 1 aliphatic carbocycles. The number of methoxy groups -OCH3 is 1. The third-order valence-electron chi connectivity index (χ3n) is 3.27. The van der Waals surface area contributed by atoms with Crippen LogP contribution in [0.2, 0.25) is 10.0 Å². The van der Waals surface area contributed by atoms with Gasteiger partial charge in [-0.3, -0.25) is 4.79 Å². The van der Waals surface area contributed by atoms with Crippen LogP contribution in [-0.2, 0) is 14.9 Å². The number of rotatable bonds is 2. The summed E-state index contributed by atoms with van der Waals surface area (Å²) in [5, 5.41) is 1.10. The first kappa shape index (κ1) is 11.7. The Labute approximate surface area is 104 Å². The van der Waals surface area contributed by atoms with Gasteiger partial charge in [0.15, 0.2) is 0 Å². The quantitative estimate of drug-likeness (QED) is 0.760. The van der Waals surface area contributed by atoms with Crippen LogP contribution in [0.25, 0.3) is 0 Å². The van der Waals surface area contributed by atoms with Crippen molar-refractivity contribution < 1.29 is 9.53 Å². The van der Waals surface area contributed by atoms with E-state index in [0.29, 0.717) is 10.0 Å². The van der Waals surface area contributed by atoms with Crippen LogP contribution >= 0.6 is 23.2 Å². The fourth-order valence-electron chi connectivity index (χ4n) is 2.23. The molecule has 0 heterocycles. The van der Waals surface area contributed by atoms with Crippen molar-refractivity contribution in [3.63, 3.8) is 0 Å². The van der Waals surface area contributed by atoms with Crippen molar-refractivity contribution in [1.82, 2.24) is 0 Å². The molecule has 1 aromatic carbocycles. The average molecular weight is 259 g/mol. The van der Waals surface area contributed by atoms with Crippen LogP contribution in [-0.4, -0.2) is 13.1 Å². The lowest BCUT2D eigenvalue weighted by Gasteiger charge is -2.16. The maximum atomic E-state index is 11.8. The number of halogens is 2. The molecule has 2 unspecified atom stereocenters. The molecule has 2 atom stereocenters. The van der Waals surface area contributed by atoms with Crippen LogP contribution in [0.4, 0.5) is 0 Å². The Morgan fingerprint density at radius 2 is 2.12 bits per heavy atom. The molecule has 0 saturated heterocycles. The molecule has 1 fully saturated rings. The van der Waals surface area contributed by atoms with Gasteiger partial charge in [0.05, 0.1) is 12.5 Å². The van der Waals surface area contributed by atoms with E-state index >= 15 is 0 Å². The van der Waals surface area contributed by atoms with E-state index in [2.05, 4.69) is 0 Å². The SMILES string of the molecule is COC(=O)C1(c2ccc(Cl)cc2Cl)CC1C. The predicted octanol–water partition coefficient (Wildman–Crippen LogP) is 3.44. The fourth-order valence-corrected chi connectivity index (χ4v) is 2.80. The monoisotopic (exact) mass is 258 g/mol. The highest BCUT2D eigenvalue weighted by molar-refractivity contribution is 6.35. The minimum absolute atomic E-state index is 0.218. The van der Waals surface area contributed by atoms with Crippen molar-refractivity contribution in [2.75, 3.05) is 7.11 Å². The van der Waals surface area contributed by atoms with Crippen molar-refractivity contribution >= 4 is 29.2 Å². The Kier molecular flexibility index (Phi) is 2.89. The van der Waals surface area contributed by atoms with E-state index in [1.165, 1.54) is 7.11 Å². The second-order valence-corrected chi connectivity index (χ2v) is 5.04. The summed E-state index contributed by atoms with van der Waals surface area (Å²) >= 11 is 12.0. The molecular weight excluding hydrogens is 247 g/mol. The van der Waals surface area contributed by atoms with Crippen LogP contribution in [0.5, 0.6) is 0 Å². The van der Waals surface area contributed by atoms with Crippen LogP contribution in [0, 0.1) is 5.92 Å². The minimum atomic E-state index is -0.559. The molecule has 1 aromatic rings. The van der Waals surface area contributed by atoms with Gasteiger partial charge in [-0.25, -0.2) is 0 Å². The smallest absolute Gasteiger partial charge is 0.316 e. The maximum Gasteiger partial charge on any atom is 0.316 e. The van der Waals surface area contributed by atoms with Gasteiger partial charge in [-0.1, -0.05) is 36.2 Å². The fraction of sp³-hybridized carbons (Fsp3) is 0.417. The molecule has 0 aliphatic heterocycles. The Balaban J connectivity index is 2.47. The molecular formula is C12H12Cl2O2. The molecule has 0 aromatic heterocycles. The first-order chi connectivity index (χ1) is 7.52. The van der Waals surface area contributed by atoms with Gasteiger partial charge in [-0.2, -0.15) is 0 Å². The third kappa shape index (κ3) is 1.61. The van der Waals surface area contributed by atoms with Gasteiger partial charge in [0.1, 0.15) is 0 Å². The lowest BCUT2D eigenvalue weighted by atomic mass is 9.93. The zero-order chi connectivity index (χ0) is 11.9. The van der Waals surface area contributed by atoms with Crippen molar-refractivity contribution in [3.05, 3.63) is 33.8 Å². The molecule has 2 rings (SSSR count). The maximum absolute atomic E-state index is 11.8. The highest BCUT2D eigenvalue weighted by Crippen LogP contribution is 2.56. The first-order valence-electron chi connectivity index (χ1n) is 5.06. The lowest BCUT2D eigenvalue weighted by Crippen LogP contribution is -2.24. The molecule has 0 N–H and O–H groups in total. The molecule has 0 spiro atoms. The summed E-state index contributed by atoms with van der Waals surface area (Å²) < 4.78 is 4.86. The van der Waals surface area contributed by atoms with Crippen molar-refractivity contribution in [1.29, 1.82) is 0 Å². The van der Waals surface area contributed by atoms with Crippen LogP contribution < -0.4 is 0 Å². The first-order valence-corrected chi connectivity index (χ1v) is 5.82. The summed E-state index contributed by atoms with van der Waals surface area (Å²) in [6.07, 6.45) is 0.779. The van der Waals surface area contributed by atoms with E-state index in [1.54, 1.807) is 12.1 Å². The predicted molar refractivity (Wildman–Crippen MR) is 63.9 cm³/mol. The van der Waals surface area contributed by atoms with Crippen LogP contribution in [0.15, 0.2) is 18.2 Å². The zero-order valence-electron chi connectivity index (χ0n) is 9.09. The molecule has 4 heteroatoms. The average Bonchev–Trinajstić information content (AvgIpc) is 2.90. The van der Waals surface area contributed by atoms with Gasteiger partial charge in [0.25, 0.3) is 0 Å². The number of esters is 1. The number of hydrogen-bond donors (Lipinski definition) is 0. The molecule has 86 valence electrons. The molecule has 0 bridgehead atoms. The lowest BCUT2D eigenvalue weighted by molar-refractivity contribution is -0.144. The van der Waals surface area contributed by atoms with Gasteiger partial charge in [0, 0.05) is 10.0 Å². The molecule has 0 amide bonds. The summed E-state index contributed by atoms with van der Waals surface area (Å²) in [5.74, 6) is 0.0443. The van der Waals surface area contributed by atoms with Crippen LogP contribution in [0.1, 0.15) is 18.9 Å². The largest absolute Gasteiger partial charge is 0.468 e. The van der Waals surface area contributed by atoms with Crippen LogP contribution in [0.3, 0.4) is 0 Å². The number of hydrogen-bond acceptors (Lipinski definition) is 2. The van der Waals surface area contributed by atoms with Gasteiger partial charge in [-0.15, -0.1) is 0 Å². The number of carbonyl (C=O) groups excluding carboxylic acids is 1. The van der Waals surface area contributed by atoms with E-state index in [4.69, 9.17) is 27.9 Å². The van der Waals surface area contributed by atoms with E-state index in [0.717, 1.165) is 12.0 Å². The van der Waals surface area contributed by atoms with Crippen molar-refractivity contribution in [2.24, 2.45) is 5.92 Å². The van der Waals surface area contributed by atoms with E-state index < -0.39 is 5.41 Å². The second-order valence-electron chi connectivity index (χ2n) is 4.19. The Hall–Kier alpha value is -0.730. The summed E-state index contributed by atoms with van der Waals surface area (Å²) in [7, 11) is 1.40. The number of ether oxygens (including phenoxy) is 1. The summed E-state index contributed by atoms with van der Waals surface area (Å²) in [5.41, 5.74) is 0.258. The van der Waals surface area contributed by atoms with Gasteiger partial charge in [0.2, 0.25) is 0 Å². The number of carbonyl (C=O) groups is 1. The Morgan fingerprint density at radius 1 is 1.50 bits per heavy atom. The summed E-state index contributed by atoms with van der Waals surface area (Å²) in [6.45, 7) is 2.02. The third-order valence-corrected chi connectivity index (χ3v) is 3.82. The van der Waals surface area contributed by atoms with Crippen molar-refractivity contribution in [3.8, 4) is 0 Å². The molecule has 0 radical (unpaired) electrons. The van der Waals surface area contributed by atoms with E-state index in [9.17, 15) is 4.79 Å². The molecule has 16 heavy (non-hydrogen) atoms. The minimum Gasteiger partial charge on any atom is -0.468 e. The summed E-state index contributed by atoms with van der Waals surface area (Å²) in [4.78, 5) is 11.8. The van der Waals surface area contributed by atoms with Gasteiger partial charge in [-0.05, 0) is 30.0 Å². The topological polar surface area (TPSA) is 26.3 Å². The highest BCUT2D eigenvalue weighted by Gasteiger charge is 2.60. The molecule has 1 aliphatic rings.